The Balaban J connectivity index is 2.30. The van der Waals surface area contributed by atoms with Crippen molar-refractivity contribution in [3.8, 4) is 0 Å². The summed E-state index contributed by atoms with van der Waals surface area (Å²) in [4.78, 5) is 0. The molecule has 2 heteroatoms. The van der Waals surface area contributed by atoms with E-state index in [-0.39, 0.29) is 11.7 Å². The second kappa shape index (κ2) is 4.08. The lowest BCUT2D eigenvalue weighted by Crippen LogP contribution is -2.17. The van der Waals surface area contributed by atoms with Gasteiger partial charge in [-0.05, 0) is 18.6 Å². The maximum Gasteiger partial charge on any atom is 0.116 e. The van der Waals surface area contributed by atoms with Gasteiger partial charge in [-0.2, -0.15) is 0 Å². The van der Waals surface area contributed by atoms with E-state index < -0.39 is 3.42 Å². The zero-order valence-corrected chi connectivity index (χ0v) is 10.6. The van der Waals surface area contributed by atoms with Crippen molar-refractivity contribution >= 4 is 22.6 Å². The molecule has 0 saturated carbocycles. The van der Waals surface area contributed by atoms with Gasteiger partial charge < -0.3 is 0 Å². The number of alkyl halides is 1. The normalized spacial score (nSPS) is 30.1. The first-order valence-electron chi connectivity index (χ1n) is 4.90. The largest absolute Gasteiger partial charge is 0.210 e. The van der Waals surface area contributed by atoms with Crippen LogP contribution in [-0.4, -0.2) is 3.42 Å². The third-order valence-electron chi connectivity index (χ3n) is 2.59. The first-order chi connectivity index (χ1) is 7.09. The molecule has 0 radical (unpaired) electrons. The van der Waals surface area contributed by atoms with E-state index in [2.05, 4.69) is 28.7 Å². The van der Waals surface area contributed by atoms with E-state index in [1.165, 1.54) is 0 Å². The molecular formula is C13H12FI. The average Bonchev–Trinajstić information content (AvgIpc) is 2.23. The summed E-state index contributed by atoms with van der Waals surface area (Å²) >= 11 is 2.12. The fraction of sp³-hybridized carbons (Fsp3) is 0.231. The van der Waals surface area contributed by atoms with Gasteiger partial charge in [0.05, 0.1) is 3.42 Å². The van der Waals surface area contributed by atoms with E-state index >= 15 is 0 Å². The van der Waals surface area contributed by atoms with Crippen LogP contribution in [0.5, 0.6) is 0 Å². The summed E-state index contributed by atoms with van der Waals surface area (Å²) < 4.78 is 13.2. The smallest absolute Gasteiger partial charge is 0.116 e. The molecule has 1 aliphatic rings. The van der Waals surface area contributed by atoms with Crippen molar-refractivity contribution in [1.82, 2.24) is 0 Å². The van der Waals surface area contributed by atoms with Crippen molar-refractivity contribution in [3.05, 3.63) is 60.0 Å². The Labute approximate surface area is 103 Å². The van der Waals surface area contributed by atoms with Gasteiger partial charge in [0.15, 0.2) is 0 Å². The van der Waals surface area contributed by atoms with Crippen LogP contribution in [0.4, 0.5) is 4.39 Å². The molecule has 15 heavy (non-hydrogen) atoms. The number of rotatable bonds is 1. The first kappa shape index (κ1) is 10.9. The van der Waals surface area contributed by atoms with Crippen LogP contribution >= 0.6 is 22.6 Å². The van der Waals surface area contributed by atoms with E-state index in [1.54, 1.807) is 6.08 Å². The second-order valence-corrected chi connectivity index (χ2v) is 6.13. The van der Waals surface area contributed by atoms with Gasteiger partial charge in [0.25, 0.3) is 0 Å². The molecule has 2 unspecified atom stereocenters. The van der Waals surface area contributed by atoms with Gasteiger partial charge in [-0.15, -0.1) is 0 Å². The van der Waals surface area contributed by atoms with Crippen molar-refractivity contribution in [1.29, 1.82) is 0 Å². The highest BCUT2D eigenvalue weighted by Crippen LogP contribution is 2.37. The summed E-state index contributed by atoms with van der Waals surface area (Å²) in [6.07, 6.45) is 5.69. The molecule has 0 aromatic heterocycles. The molecule has 78 valence electrons. The fourth-order valence-corrected chi connectivity index (χ4v) is 2.01. The molecule has 2 atom stereocenters. The average molecular weight is 314 g/mol. The van der Waals surface area contributed by atoms with E-state index in [9.17, 15) is 4.39 Å². The fourth-order valence-electron chi connectivity index (χ4n) is 1.62. The number of benzene rings is 1. The predicted molar refractivity (Wildman–Crippen MR) is 69.9 cm³/mol. The van der Waals surface area contributed by atoms with Crippen LogP contribution in [0, 0.1) is 0 Å². The van der Waals surface area contributed by atoms with Gasteiger partial charge in [-0.25, -0.2) is 4.39 Å². The quantitative estimate of drug-likeness (QED) is 0.410. The third-order valence-corrected chi connectivity index (χ3v) is 3.47. The molecule has 2 rings (SSSR count). The lowest BCUT2D eigenvalue weighted by Gasteiger charge is -2.23. The Hall–Kier alpha value is -0.640. The van der Waals surface area contributed by atoms with Gasteiger partial charge >= 0.3 is 0 Å². The van der Waals surface area contributed by atoms with Crippen LogP contribution in [0.2, 0.25) is 0 Å². The Kier molecular flexibility index (Phi) is 2.96. The molecule has 1 aromatic carbocycles. The molecule has 0 fully saturated rings. The second-order valence-electron chi connectivity index (χ2n) is 3.89. The molecule has 0 nitrogen and oxygen atoms in total. The highest BCUT2D eigenvalue weighted by Gasteiger charge is 2.27. The molecule has 0 heterocycles. The maximum atomic E-state index is 13.7. The minimum absolute atomic E-state index is 0.0561. The Bertz CT molecular complexity index is 404. The van der Waals surface area contributed by atoms with E-state index in [1.807, 2.05) is 43.3 Å². The number of hydrogen-bond acceptors (Lipinski definition) is 0. The maximum absolute atomic E-state index is 13.7. The van der Waals surface area contributed by atoms with Crippen molar-refractivity contribution in [2.45, 2.75) is 16.3 Å². The van der Waals surface area contributed by atoms with Gasteiger partial charge in [0.2, 0.25) is 0 Å². The van der Waals surface area contributed by atoms with E-state index in [0.29, 0.717) is 0 Å². The zero-order chi connectivity index (χ0) is 10.9. The highest BCUT2D eigenvalue weighted by molar-refractivity contribution is 14.1. The SMILES string of the molecule is CC1(I)C=CC(c2ccccc2)C=C1F. The molecular weight excluding hydrogens is 302 g/mol. The van der Waals surface area contributed by atoms with Crippen LogP contribution in [0.15, 0.2) is 54.4 Å². The summed E-state index contributed by atoms with van der Waals surface area (Å²) in [5.41, 5.74) is 1.14. The minimum atomic E-state index is -0.469. The monoisotopic (exact) mass is 314 g/mol. The molecule has 0 bridgehead atoms. The number of allylic oxidation sites excluding steroid dienone is 4. The predicted octanol–water partition coefficient (Wildman–Crippen LogP) is 4.39. The highest BCUT2D eigenvalue weighted by atomic mass is 127. The summed E-state index contributed by atoms with van der Waals surface area (Å²) in [5, 5.41) is 0. The van der Waals surface area contributed by atoms with E-state index in [0.717, 1.165) is 5.56 Å². The minimum Gasteiger partial charge on any atom is -0.210 e. The summed E-state index contributed by atoms with van der Waals surface area (Å²) in [7, 11) is 0. The molecule has 0 spiro atoms. The van der Waals surface area contributed by atoms with Crippen molar-refractivity contribution in [2.75, 3.05) is 0 Å². The summed E-state index contributed by atoms with van der Waals surface area (Å²) in [6, 6.07) is 9.97. The molecule has 1 aromatic rings. The first-order valence-corrected chi connectivity index (χ1v) is 5.98. The lowest BCUT2D eigenvalue weighted by molar-refractivity contribution is 0.567. The van der Waals surface area contributed by atoms with E-state index in [4.69, 9.17) is 0 Å². The van der Waals surface area contributed by atoms with Gasteiger partial charge in [-0.3, -0.25) is 0 Å². The summed E-state index contributed by atoms with van der Waals surface area (Å²) in [6.45, 7) is 1.87. The molecule has 0 aliphatic heterocycles. The number of hydrogen-bond donors (Lipinski definition) is 0. The summed E-state index contributed by atoms with van der Waals surface area (Å²) in [5.74, 6) is 0.0218. The Morgan fingerprint density at radius 2 is 1.93 bits per heavy atom. The molecule has 1 aliphatic carbocycles. The van der Waals surface area contributed by atoms with Crippen LogP contribution < -0.4 is 0 Å². The van der Waals surface area contributed by atoms with Crippen molar-refractivity contribution in [3.63, 3.8) is 0 Å². The van der Waals surface area contributed by atoms with Crippen molar-refractivity contribution in [2.24, 2.45) is 0 Å². The van der Waals surface area contributed by atoms with Gasteiger partial charge in [0, 0.05) is 5.92 Å². The van der Waals surface area contributed by atoms with Crippen molar-refractivity contribution < 1.29 is 4.39 Å². The van der Waals surface area contributed by atoms with Crippen LogP contribution in [0.1, 0.15) is 18.4 Å². The molecule has 0 amide bonds. The van der Waals surface area contributed by atoms with Gasteiger partial charge in [0.1, 0.15) is 5.83 Å². The van der Waals surface area contributed by atoms with Crippen LogP contribution in [0.3, 0.4) is 0 Å². The molecule has 0 N–H and O–H groups in total. The standard InChI is InChI=1S/C13H12FI/c1-13(15)8-7-11(9-12(13)14)10-5-3-2-4-6-10/h2-9,11H,1H3. The van der Waals surface area contributed by atoms with Crippen LogP contribution in [-0.2, 0) is 0 Å². The topological polar surface area (TPSA) is 0 Å². The third kappa shape index (κ3) is 2.30. The zero-order valence-electron chi connectivity index (χ0n) is 8.45. The molecule has 0 saturated heterocycles. The Morgan fingerprint density at radius 1 is 1.27 bits per heavy atom. The Morgan fingerprint density at radius 3 is 2.53 bits per heavy atom. The number of halogens is 2. The van der Waals surface area contributed by atoms with Crippen LogP contribution in [0.25, 0.3) is 0 Å². The van der Waals surface area contributed by atoms with Gasteiger partial charge in [-0.1, -0.05) is 65.1 Å². The lowest BCUT2D eigenvalue weighted by atomic mass is 9.91.